The summed E-state index contributed by atoms with van der Waals surface area (Å²) in [5.41, 5.74) is 5.64. The van der Waals surface area contributed by atoms with E-state index >= 15 is 0 Å². The van der Waals surface area contributed by atoms with E-state index in [0.29, 0.717) is 43.9 Å². The number of anilines is 3. The molecule has 12 heteroatoms. The molecule has 1 atom stereocenters. The molecule has 0 amide bonds. The number of nitrogens with one attached hydrogen (secondary N) is 4. The maximum Gasteiger partial charge on any atom is 0.323 e. The first kappa shape index (κ1) is 30.5. The molecule has 0 saturated carbocycles. The van der Waals surface area contributed by atoms with Crippen molar-refractivity contribution in [2.75, 3.05) is 23.7 Å². The Morgan fingerprint density at radius 1 is 1.06 bits per heavy atom. The number of pyridine rings is 1. The molecular weight excluding hydrogens is 612 g/mol. The van der Waals surface area contributed by atoms with Gasteiger partial charge in [-0.15, -0.1) is 5.10 Å². The number of benzene rings is 3. The number of aromatic nitrogens is 6. The van der Waals surface area contributed by atoms with Gasteiger partial charge in [0.05, 0.1) is 56.8 Å². The number of hydrogen-bond donors (Lipinski definition) is 4. The lowest BCUT2D eigenvalue weighted by Crippen LogP contribution is -2.46. The van der Waals surface area contributed by atoms with Crippen molar-refractivity contribution in [1.82, 2.24) is 34.8 Å². The predicted octanol–water partition coefficient (Wildman–Crippen LogP) is 6.90. The fraction of sp³-hybridized carbons (Fsp3) is 0.286. The number of nitrogens with zero attached hydrogens (tertiary/aromatic N) is 6. The Balaban J connectivity index is 1.25. The third-order valence-electron chi connectivity index (χ3n) is 8.91. The van der Waals surface area contributed by atoms with Gasteiger partial charge in [-0.05, 0) is 63.4 Å². The molecule has 238 valence electrons. The highest BCUT2D eigenvalue weighted by Gasteiger charge is 2.29. The first-order chi connectivity index (χ1) is 22.7. The Morgan fingerprint density at radius 3 is 2.60 bits per heavy atom. The molecule has 1 unspecified atom stereocenters. The minimum atomic E-state index is -0.324. The topological polar surface area (TPSA) is 143 Å². The van der Waals surface area contributed by atoms with Crippen molar-refractivity contribution < 1.29 is 0 Å². The van der Waals surface area contributed by atoms with Crippen LogP contribution < -0.4 is 16.3 Å². The number of aromatic amines is 2. The first-order valence-electron chi connectivity index (χ1n) is 15.7. The number of piperidine rings is 1. The van der Waals surface area contributed by atoms with Crippen LogP contribution in [0.3, 0.4) is 0 Å². The van der Waals surface area contributed by atoms with E-state index in [-0.39, 0.29) is 23.3 Å². The Hall–Kier alpha value is -5.18. The van der Waals surface area contributed by atoms with E-state index < -0.39 is 0 Å². The van der Waals surface area contributed by atoms with E-state index in [1.807, 2.05) is 59.4 Å². The molecule has 1 saturated heterocycles. The van der Waals surface area contributed by atoms with E-state index in [2.05, 4.69) is 79.8 Å². The summed E-state index contributed by atoms with van der Waals surface area (Å²) in [6.07, 6.45) is 5.57. The Morgan fingerprint density at radius 2 is 1.85 bits per heavy atom. The van der Waals surface area contributed by atoms with Crippen molar-refractivity contribution >= 4 is 50.6 Å². The van der Waals surface area contributed by atoms with Gasteiger partial charge in [-0.3, -0.25) is 9.88 Å². The molecule has 47 heavy (non-hydrogen) atoms. The molecule has 0 bridgehead atoms. The maximum atomic E-state index is 12.1. The van der Waals surface area contributed by atoms with E-state index in [1.165, 1.54) is 6.20 Å². The third-order valence-corrected chi connectivity index (χ3v) is 9.20. The molecule has 4 N–H and O–H groups in total. The van der Waals surface area contributed by atoms with E-state index in [0.717, 1.165) is 42.9 Å². The zero-order valence-corrected chi connectivity index (χ0v) is 27.1. The zero-order chi connectivity index (χ0) is 32.7. The number of fused-ring (bicyclic) bond motifs is 2. The number of rotatable bonds is 7. The standard InChI is InChI=1S/C35H35ClN10O/c1-35(2,3)45-14-12-24(13-15-45)46-20-29(43-44-46)31(21-8-5-4-6-9-21)39-23-16-25-30(22(18-37)19-38-32(25)26(36)17-23)40-27-10-7-11-28-33(27)42-34(47)41-28/h4-11,16-17,19-20,24,31,39H,12-15H2,1-3H3,(H,38,40)(H2,41,42,47). The fourth-order valence-corrected chi connectivity index (χ4v) is 6.67. The largest absolute Gasteiger partial charge is 0.373 e. The summed E-state index contributed by atoms with van der Waals surface area (Å²) in [7, 11) is 0. The van der Waals surface area contributed by atoms with Crippen LogP contribution in [0.2, 0.25) is 5.02 Å². The molecule has 1 fully saturated rings. The molecule has 1 aliphatic heterocycles. The number of likely N-dealkylation sites (tertiary alicyclic amines) is 1. The average molecular weight is 647 g/mol. The molecule has 0 spiro atoms. The summed E-state index contributed by atoms with van der Waals surface area (Å²) in [6, 6.07) is 21.5. The molecular formula is C35H35ClN10O. The molecule has 11 nitrogen and oxygen atoms in total. The SMILES string of the molecule is CC(C)(C)N1CCC(n2cc(C(Nc3cc(Cl)c4ncc(C#N)c(Nc5cccc6[nH]c(=O)[nH]c56)c4c3)c3ccccc3)nn2)CC1. The second-order valence-electron chi connectivity index (χ2n) is 12.9. The summed E-state index contributed by atoms with van der Waals surface area (Å²) in [5, 5.41) is 27.4. The van der Waals surface area contributed by atoms with Crippen LogP contribution in [0.5, 0.6) is 0 Å². The zero-order valence-electron chi connectivity index (χ0n) is 26.4. The monoisotopic (exact) mass is 646 g/mol. The third kappa shape index (κ3) is 6.05. The Kier molecular flexibility index (Phi) is 7.91. The quantitative estimate of drug-likeness (QED) is 0.147. The van der Waals surface area contributed by atoms with Crippen LogP contribution in [0.15, 0.2) is 77.9 Å². The van der Waals surface area contributed by atoms with Crippen molar-refractivity contribution in [3.05, 3.63) is 105 Å². The van der Waals surface area contributed by atoms with Crippen LogP contribution in [0.25, 0.3) is 21.9 Å². The van der Waals surface area contributed by atoms with Gasteiger partial charge in [-0.2, -0.15) is 5.26 Å². The summed E-state index contributed by atoms with van der Waals surface area (Å²) in [6.45, 7) is 8.82. The normalized spacial score (nSPS) is 15.1. The van der Waals surface area contributed by atoms with E-state index in [9.17, 15) is 10.1 Å². The predicted molar refractivity (Wildman–Crippen MR) is 185 cm³/mol. The van der Waals surface area contributed by atoms with Gasteiger partial charge in [0, 0.05) is 35.9 Å². The van der Waals surface area contributed by atoms with E-state index in [1.54, 1.807) is 0 Å². The van der Waals surface area contributed by atoms with Crippen molar-refractivity contribution in [1.29, 1.82) is 5.26 Å². The van der Waals surface area contributed by atoms with Gasteiger partial charge in [-0.25, -0.2) is 9.48 Å². The Labute approximate surface area is 276 Å². The van der Waals surface area contributed by atoms with Gasteiger partial charge in [0.2, 0.25) is 0 Å². The van der Waals surface area contributed by atoms with Crippen molar-refractivity contribution in [3.63, 3.8) is 0 Å². The van der Waals surface area contributed by atoms with Gasteiger partial charge in [0.15, 0.2) is 0 Å². The second-order valence-corrected chi connectivity index (χ2v) is 13.4. The van der Waals surface area contributed by atoms with Crippen LogP contribution in [-0.4, -0.2) is 53.5 Å². The van der Waals surface area contributed by atoms with Gasteiger partial charge in [-0.1, -0.05) is 53.2 Å². The average Bonchev–Trinajstić information content (AvgIpc) is 3.71. The van der Waals surface area contributed by atoms with Crippen molar-refractivity contribution in [2.45, 2.75) is 51.2 Å². The smallest absolute Gasteiger partial charge is 0.323 e. The van der Waals surface area contributed by atoms with Crippen LogP contribution >= 0.6 is 11.6 Å². The summed E-state index contributed by atoms with van der Waals surface area (Å²) in [5.74, 6) is 0. The lowest BCUT2D eigenvalue weighted by Gasteiger charge is -2.40. The highest BCUT2D eigenvalue weighted by atomic mass is 35.5. The van der Waals surface area contributed by atoms with Crippen molar-refractivity contribution in [2.24, 2.45) is 0 Å². The van der Waals surface area contributed by atoms with E-state index in [4.69, 9.17) is 11.6 Å². The Bertz CT molecular complexity index is 2160. The molecule has 3 aromatic carbocycles. The van der Waals surface area contributed by atoms with Gasteiger partial charge >= 0.3 is 5.69 Å². The molecule has 7 rings (SSSR count). The minimum absolute atomic E-state index is 0.148. The van der Waals surface area contributed by atoms with Crippen LogP contribution in [0, 0.1) is 11.3 Å². The first-order valence-corrected chi connectivity index (χ1v) is 16.0. The highest BCUT2D eigenvalue weighted by Crippen LogP contribution is 2.37. The number of H-pyrrole nitrogens is 2. The molecule has 0 aliphatic carbocycles. The lowest BCUT2D eigenvalue weighted by molar-refractivity contribution is 0.0866. The summed E-state index contributed by atoms with van der Waals surface area (Å²) < 4.78 is 2.01. The number of imidazole rings is 1. The number of nitriles is 1. The fourth-order valence-electron chi connectivity index (χ4n) is 6.40. The molecule has 3 aromatic heterocycles. The van der Waals surface area contributed by atoms with Crippen molar-refractivity contribution in [3.8, 4) is 6.07 Å². The summed E-state index contributed by atoms with van der Waals surface area (Å²) >= 11 is 6.85. The number of hydrogen-bond acceptors (Lipinski definition) is 8. The minimum Gasteiger partial charge on any atom is -0.373 e. The number of para-hydroxylation sites is 1. The second kappa shape index (κ2) is 12.2. The molecule has 6 aromatic rings. The maximum absolute atomic E-state index is 12.1. The molecule has 4 heterocycles. The van der Waals surface area contributed by atoms with Crippen LogP contribution in [0.1, 0.15) is 62.5 Å². The molecule has 0 radical (unpaired) electrons. The van der Waals surface area contributed by atoms with Crippen LogP contribution in [-0.2, 0) is 0 Å². The summed E-state index contributed by atoms with van der Waals surface area (Å²) in [4.78, 5) is 24.7. The van der Waals surface area contributed by atoms with Gasteiger partial charge in [0.25, 0.3) is 0 Å². The lowest BCUT2D eigenvalue weighted by atomic mass is 9.98. The molecule has 1 aliphatic rings. The van der Waals surface area contributed by atoms with Gasteiger partial charge < -0.3 is 20.6 Å². The number of halogens is 1. The van der Waals surface area contributed by atoms with Crippen LogP contribution in [0.4, 0.5) is 17.1 Å². The highest BCUT2D eigenvalue weighted by molar-refractivity contribution is 6.36. The van der Waals surface area contributed by atoms with Gasteiger partial charge in [0.1, 0.15) is 11.8 Å².